The highest BCUT2D eigenvalue weighted by molar-refractivity contribution is 5.74. The fourth-order valence-electron chi connectivity index (χ4n) is 2.67. The van der Waals surface area contributed by atoms with Gasteiger partial charge in [0.15, 0.2) is 0 Å². The van der Waals surface area contributed by atoms with Crippen LogP contribution < -0.4 is 26.8 Å². The zero-order chi connectivity index (χ0) is 14.7. The Kier molecular flexibility index (Phi) is 4.01. The molecule has 0 radical (unpaired) electrons. The van der Waals surface area contributed by atoms with Crippen molar-refractivity contribution in [3.05, 3.63) is 56.3 Å². The maximum Gasteiger partial charge on any atom is 0.253 e. The summed E-state index contributed by atoms with van der Waals surface area (Å²) in [4.78, 5) is 23.3. The van der Waals surface area contributed by atoms with Gasteiger partial charge in [0.25, 0.3) is 10.9 Å². The van der Waals surface area contributed by atoms with Gasteiger partial charge in [-0.05, 0) is 24.9 Å². The van der Waals surface area contributed by atoms with Crippen LogP contribution in [0.15, 0.2) is 39.9 Å². The molecule has 1 aliphatic rings. The number of hydrogen-bond donors (Lipinski definition) is 3. The van der Waals surface area contributed by atoms with Gasteiger partial charge in [0.1, 0.15) is 11.4 Å². The molecule has 21 heavy (non-hydrogen) atoms. The van der Waals surface area contributed by atoms with Gasteiger partial charge in [-0.25, -0.2) is 0 Å². The summed E-state index contributed by atoms with van der Waals surface area (Å²) in [6.07, 6.45) is 2.27. The number of benzene rings is 1. The molecular weight excluding hydrogens is 266 g/mol. The Morgan fingerprint density at radius 1 is 1.05 bits per heavy atom. The van der Waals surface area contributed by atoms with E-state index >= 15 is 0 Å². The highest BCUT2D eigenvalue weighted by Gasteiger charge is 2.22. The first kappa shape index (κ1) is 13.8. The maximum atomic E-state index is 11.7. The van der Waals surface area contributed by atoms with Gasteiger partial charge >= 0.3 is 0 Å². The average molecular weight is 285 g/mol. The van der Waals surface area contributed by atoms with E-state index in [1.165, 1.54) is 0 Å². The zero-order valence-corrected chi connectivity index (χ0v) is 11.8. The first-order valence-electron chi connectivity index (χ1n) is 7.34. The van der Waals surface area contributed by atoms with Crippen LogP contribution in [0, 0.1) is 0 Å². The lowest BCUT2D eigenvalue weighted by Crippen LogP contribution is -2.40. The third-order valence-electron chi connectivity index (χ3n) is 3.91. The minimum atomic E-state index is -0.423. The molecule has 0 saturated carbocycles. The minimum Gasteiger partial charge on any atom is -0.378 e. The highest BCUT2D eigenvalue weighted by atomic mass is 16.2. The smallest absolute Gasteiger partial charge is 0.253 e. The molecule has 1 fully saturated rings. The van der Waals surface area contributed by atoms with E-state index in [9.17, 15) is 9.59 Å². The van der Waals surface area contributed by atoms with Gasteiger partial charge in [-0.1, -0.05) is 30.3 Å². The normalized spacial score (nSPS) is 18.0. The van der Waals surface area contributed by atoms with Crippen molar-refractivity contribution in [1.29, 1.82) is 0 Å². The van der Waals surface area contributed by atoms with Crippen LogP contribution in [-0.4, -0.2) is 19.1 Å². The molecule has 0 aromatic heterocycles. The molecule has 1 saturated heterocycles. The fraction of sp³-hybridized carbons (Fsp3) is 0.375. The number of hydrogen-bond acceptors (Lipinski definition) is 5. The lowest BCUT2D eigenvalue weighted by Gasteiger charge is -2.17. The summed E-state index contributed by atoms with van der Waals surface area (Å²) in [7, 11) is 0. The van der Waals surface area contributed by atoms with Crippen molar-refractivity contribution in [3.8, 4) is 0 Å². The van der Waals surface area contributed by atoms with Gasteiger partial charge in [-0.3, -0.25) is 9.59 Å². The van der Waals surface area contributed by atoms with E-state index < -0.39 is 10.9 Å². The van der Waals surface area contributed by atoms with Crippen LogP contribution in [0.1, 0.15) is 18.4 Å². The predicted molar refractivity (Wildman–Crippen MR) is 84.6 cm³/mol. The predicted octanol–water partition coefficient (Wildman–Crippen LogP) is 1.06. The second-order valence-corrected chi connectivity index (χ2v) is 5.42. The van der Waals surface area contributed by atoms with Crippen molar-refractivity contribution in [1.82, 2.24) is 5.32 Å². The lowest BCUT2D eigenvalue weighted by molar-refractivity contribution is 0.633. The van der Waals surface area contributed by atoms with Crippen molar-refractivity contribution >= 4 is 11.4 Å². The fourth-order valence-corrected chi connectivity index (χ4v) is 2.67. The molecule has 0 unspecified atom stereocenters. The Balaban J connectivity index is 1.61. The van der Waals surface area contributed by atoms with E-state index in [1.807, 2.05) is 30.3 Å². The summed E-state index contributed by atoms with van der Waals surface area (Å²) in [5.74, 6) is 0. The van der Waals surface area contributed by atoms with E-state index in [-0.39, 0.29) is 0 Å². The Labute approximate surface area is 123 Å². The second-order valence-electron chi connectivity index (χ2n) is 5.42. The number of rotatable bonds is 6. The molecule has 0 spiro atoms. The van der Waals surface area contributed by atoms with Crippen LogP contribution in [-0.2, 0) is 6.54 Å². The van der Waals surface area contributed by atoms with Crippen molar-refractivity contribution < 1.29 is 0 Å². The molecule has 0 aliphatic carbocycles. The molecule has 5 heteroatoms. The van der Waals surface area contributed by atoms with E-state index in [1.54, 1.807) is 0 Å². The molecule has 2 aromatic rings. The first-order chi connectivity index (χ1) is 10.3. The van der Waals surface area contributed by atoms with Gasteiger partial charge in [0, 0.05) is 19.1 Å². The molecule has 110 valence electrons. The summed E-state index contributed by atoms with van der Waals surface area (Å²) in [5, 5.41) is 9.54. The topological polar surface area (TPSA) is 70.2 Å². The summed E-state index contributed by atoms with van der Waals surface area (Å²) in [5.41, 5.74) is 1.09. The van der Waals surface area contributed by atoms with Crippen LogP contribution in [0.4, 0.5) is 11.4 Å². The van der Waals surface area contributed by atoms with Crippen LogP contribution in [0.2, 0.25) is 0 Å². The van der Waals surface area contributed by atoms with E-state index in [4.69, 9.17) is 0 Å². The maximum absolute atomic E-state index is 11.7. The van der Waals surface area contributed by atoms with Crippen molar-refractivity contribution in [2.24, 2.45) is 0 Å². The lowest BCUT2D eigenvalue weighted by atomic mass is 10.1. The molecule has 2 aromatic carbocycles. The highest BCUT2D eigenvalue weighted by Crippen LogP contribution is 2.16. The van der Waals surface area contributed by atoms with Crippen LogP contribution >= 0.6 is 0 Å². The standard InChI is InChI=1S/C16H19N3O2/c20-15-13(18-9-11-5-2-1-3-6-11)14(16(15)21)19-10-12-7-4-8-17-12/h1-3,5-6,12,17-19H,4,7-10H2/t12-/m0/s1. The van der Waals surface area contributed by atoms with Crippen LogP contribution in [0.25, 0.3) is 0 Å². The van der Waals surface area contributed by atoms with Crippen LogP contribution in [0.5, 0.6) is 0 Å². The van der Waals surface area contributed by atoms with Crippen molar-refractivity contribution in [2.75, 3.05) is 23.7 Å². The quantitative estimate of drug-likeness (QED) is 0.692. The molecular formula is C16H19N3O2. The van der Waals surface area contributed by atoms with Gasteiger partial charge in [-0.2, -0.15) is 0 Å². The molecule has 0 amide bonds. The Hall–Kier alpha value is -2.14. The van der Waals surface area contributed by atoms with Gasteiger partial charge in [0.2, 0.25) is 0 Å². The Bertz CT molecular complexity index is 668. The number of nitrogens with one attached hydrogen (secondary N) is 3. The Morgan fingerprint density at radius 3 is 2.43 bits per heavy atom. The van der Waals surface area contributed by atoms with E-state index in [0.29, 0.717) is 30.5 Å². The van der Waals surface area contributed by atoms with Crippen molar-refractivity contribution in [3.63, 3.8) is 0 Å². The molecule has 5 nitrogen and oxygen atoms in total. The average Bonchev–Trinajstić information content (AvgIpc) is 3.04. The zero-order valence-electron chi connectivity index (χ0n) is 11.8. The minimum absolute atomic E-state index is 0.386. The summed E-state index contributed by atoms with van der Waals surface area (Å²) >= 11 is 0. The molecule has 3 rings (SSSR count). The SMILES string of the molecule is O=c1c(NCc2ccccc2)c(NC[C@@H]2CCCN2)c1=O. The Morgan fingerprint density at radius 2 is 1.76 bits per heavy atom. The van der Waals surface area contributed by atoms with Gasteiger partial charge in [0.05, 0.1) is 0 Å². The molecule has 3 N–H and O–H groups in total. The van der Waals surface area contributed by atoms with Crippen molar-refractivity contribution in [2.45, 2.75) is 25.4 Å². The molecule has 1 aliphatic heterocycles. The van der Waals surface area contributed by atoms with E-state index in [2.05, 4.69) is 16.0 Å². The van der Waals surface area contributed by atoms with E-state index in [0.717, 1.165) is 24.9 Å². The summed E-state index contributed by atoms with van der Waals surface area (Å²) < 4.78 is 0. The summed E-state index contributed by atoms with van der Waals surface area (Å²) in [6, 6.07) is 10.2. The first-order valence-corrected chi connectivity index (χ1v) is 7.34. The van der Waals surface area contributed by atoms with Gasteiger partial charge in [-0.15, -0.1) is 0 Å². The molecule has 1 atom stereocenters. The largest absolute Gasteiger partial charge is 0.378 e. The summed E-state index contributed by atoms with van der Waals surface area (Å²) in [6.45, 7) is 2.25. The van der Waals surface area contributed by atoms with Crippen LogP contribution in [0.3, 0.4) is 0 Å². The third-order valence-corrected chi connectivity index (χ3v) is 3.91. The second kappa shape index (κ2) is 6.10. The monoisotopic (exact) mass is 285 g/mol. The molecule has 0 bridgehead atoms. The number of anilines is 2. The molecule has 1 heterocycles. The van der Waals surface area contributed by atoms with Gasteiger partial charge < -0.3 is 16.0 Å². The third kappa shape index (κ3) is 2.97.